The van der Waals surface area contributed by atoms with E-state index in [9.17, 15) is 0 Å². The lowest BCUT2D eigenvalue weighted by molar-refractivity contribution is 0.238. The molecule has 4 nitrogen and oxygen atoms in total. The molecule has 1 aromatic rings. The van der Waals surface area contributed by atoms with E-state index in [2.05, 4.69) is 49.8 Å². The van der Waals surface area contributed by atoms with Crippen LogP contribution in [-0.4, -0.2) is 47.1 Å². The zero-order valence-electron chi connectivity index (χ0n) is 11.3. The first-order valence-electron chi connectivity index (χ1n) is 6.40. The molecule has 0 aliphatic carbocycles. The van der Waals surface area contributed by atoms with Crippen LogP contribution in [0.15, 0.2) is 16.6 Å². The van der Waals surface area contributed by atoms with E-state index in [1.165, 1.54) is 0 Å². The van der Waals surface area contributed by atoms with Gasteiger partial charge in [-0.1, -0.05) is 12.2 Å². The molecular formula is C13H19BrN4S. The van der Waals surface area contributed by atoms with E-state index >= 15 is 0 Å². The summed E-state index contributed by atoms with van der Waals surface area (Å²) in [6, 6.07) is 4.29. The summed E-state index contributed by atoms with van der Waals surface area (Å²) in [7, 11) is 0. The molecule has 0 aromatic carbocycles. The molecule has 1 saturated heterocycles. The number of nitrogens with zero attached hydrogens (tertiary/aromatic N) is 3. The number of nitrogens with two attached hydrogens (primary N) is 1. The van der Waals surface area contributed by atoms with E-state index < -0.39 is 0 Å². The van der Waals surface area contributed by atoms with Crippen LogP contribution in [0.4, 0.5) is 5.82 Å². The number of thiocarbonyl (C=S) groups is 1. The maximum Gasteiger partial charge on any atom is 0.128 e. The molecule has 1 fully saturated rings. The van der Waals surface area contributed by atoms with Crippen molar-refractivity contribution < 1.29 is 0 Å². The fourth-order valence-electron chi connectivity index (χ4n) is 2.23. The van der Waals surface area contributed by atoms with Gasteiger partial charge in [-0.05, 0) is 41.9 Å². The molecule has 6 heteroatoms. The number of hydrogen-bond donors (Lipinski definition) is 1. The number of piperazine rings is 1. The van der Waals surface area contributed by atoms with Gasteiger partial charge in [-0.3, -0.25) is 4.90 Å². The van der Waals surface area contributed by atoms with Crippen LogP contribution in [0.3, 0.4) is 0 Å². The molecule has 1 aliphatic rings. The Morgan fingerprint density at radius 3 is 2.53 bits per heavy atom. The number of pyridine rings is 1. The average Bonchev–Trinajstić information content (AvgIpc) is 2.41. The summed E-state index contributed by atoms with van der Waals surface area (Å²) in [5, 5.41) is 0. The van der Waals surface area contributed by atoms with E-state index in [4.69, 9.17) is 18.0 Å². The molecular weight excluding hydrogens is 324 g/mol. The quantitative estimate of drug-likeness (QED) is 0.850. The summed E-state index contributed by atoms with van der Waals surface area (Å²) in [4.78, 5) is 9.82. The molecule has 19 heavy (non-hydrogen) atoms. The lowest BCUT2D eigenvalue weighted by Gasteiger charge is -2.38. The van der Waals surface area contributed by atoms with Gasteiger partial charge in [0.15, 0.2) is 0 Å². The summed E-state index contributed by atoms with van der Waals surface area (Å²) in [6.07, 6.45) is 0. The molecule has 0 saturated carbocycles. The smallest absolute Gasteiger partial charge is 0.128 e. The molecule has 0 bridgehead atoms. The first-order valence-corrected chi connectivity index (χ1v) is 7.60. The standard InChI is InChI=1S/C13H19BrN4S/c1-9-11(14)3-4-12(16-9)18-7-5-17(6-8-18)10(2)13(15)19/h3-4,10H,5-8H2,1-2H3,(H2,15,19). The Morgan fingerprint density at radius 1 is 1.37 bits per heavy atom. The molecule has 1 aromatic heterocycles. The highest BCUT2D eigenvalue weighted by molar-refractivity contribution is 9.10. The minimum Gasteiger partial charge on any atom is -0.392 e. The van der Waals surface area contributed by atoms with Crippen LogP contribution in [0.5, 0.6) is 0 Å². The minimum absolute atomic E-state index is 0.178. The van der Waals surface area contributed by atoms with Gasteiger partial charge >= 0.3 is 0 Å². The Kier molecular flexibility index (Phi) is 4.76. The Morgan fingerprint density at radius 2 is 2.00 bits per heavy atom. The van der Waals surface area contributed by atoms with Gasteiger partial charge in [-0.2, -0.15) is 0 Å². The molecule has 1 atom stereocenters. The van der Waals surface area contributed by atoms with E-state index in [0.29, 0.717) is 4.99 Å². The molecule has 0 radical (unpaired) electrons. The molecule has 0 amide bonds. The number of halogens is 1. The highest BCUT2D eigenvalue weighted by Crippen LogP contribution is 2.20. The number of aryl methyl sites for hydroxylation is 1. The van der Waals surface area contributed by atoms with Crippen LogP contribution in [-0.2, 0) is 0 Å². The topological polar surface area (TPSA) is 45.4 Å². The van der Waals surface area contributed by atoms with Crippen LogP contribution in [0.25, 0.3) is 0 Å². The minimum atomic E-state index is 0.178. The second-order valence-electron chi connectivity index (χ2n) is 4.84. The largest absolute Gasteiger partial charge is 0.392 e. The second kappa shape index (κ2) is 6.15. The van der Waals surface area contributed by atoms with Crippen molar-refractivity contribution in [3.63, 3.8) is 0 Å². The molecule has 1 unspecified atom stereocenters. The third-order valence-electron chi connectivity index (χ3n) is 3.60. The molecule has 1 aliphatic heterocycles. The first-order chi connectivity index (χ1) is 8.99. The Hall–Kier alpha value is -0.720. The summed E-state index contributed by atoms with van der Waals surface area (Å²) in [6.45, 7) is 7.94. The van der Waals surface area contributed by atoms with Crippen LogP contribution in [0.2, 0.25) is 0 Å². The van der Waals surface area contributed by atoms with Crippen molar-refractivity contribution in [2.75, 3.05) is 31.1 Å². The molecule has 2 N–H and O–H groups in total. The van der Waals surface area contributed by atoms with Gasteiger partial charge in [0.05, 0.1) is 16.7 Å². The van der Waals surface area contributed by atoms with Crippen LogP contribution >= 0.6 is 28.1 Å². The predicted octanol–water partition coefficient (Wildman–Crippen LogP) is 1.95. The maximum atomic E-state index is 5.71. The van der Waals surface area contributed by atoms with Gasteiger partial charge < -0.3 is 10.6 Å². The number of hydrogen-bond acceptors (Lipinski definition) is 4. The fourth-order valence-corrected chi connectivity index (χ4v) is 2.60. The zero-order valence-corrected chi connectivity index (χ0v) is 13.7. The van der Waals surface area contributed by atoms with Crippen LogP contribution in [0, 0.1) is 6.92 Å². The molecule has 2 rings (SSSR count). The predicted molar refractivity (Wildman–Crippen MR) is 86.7 cm³/mol. The van der Waals surface area contributed by atoms with Crippen molar-refractivity contribution in [3.8, 4) is 0 Å². The average molecular weight is 343 g/mol. The van der Waals surface area contributed by atoms with Crippen LogP contribution in [0.1, 0.15) is 12.6 Å². The van der Waals surface area contributed by atoms with Gasteiger partial charge in [-0.15, -0.1) is 0 Å². The zero-order chi connectivity index (χ0) is 14.0. The van der Waals surface area contributed by atoms with Gasteiger partial charge in [0.2, 0.25) is 0 Å². The van der Waals surface area contributed by atoms with E-state index in [0.717, 1.165) is 42.2 Å². The Balaban J connectivity index is 1.99. The Bertz CT molecular complexity index is 472. The highest BCUT2D eigenvalue weighted by atomic mass is 79.9. The maximum absolute atomic E-state index is 5.71. The van der Waals surface area contributed by atoms with E-state index in [1.807, 2.05) is 6.92 Å². The second-order valence-corrected chi connectivity index (χ2v) is 6.16. The normalized spacial score (nSPS) is 18.4. The van der Waals surface area contributed by atoms with Crippen LogP contribution < -0.4 is 10.6 Å². The third kappa shape index (κ3) is 3.43. The first kappa shape index (κ1) is 14.7. The van der Waals surface area contributed by atoms with Crippen molar-refractivity contribution in [1.29, 1.82) is 0 Å². The monoisotopic (exact) mass is 342 g/mol. The third-order valence-corrected chi connectivity index (χ3v) is 4.78. The molecule has 104 valence electrons. The van der Waals surface area contributed by atoms with E-state index in [-0.39, 0.29) is 6.04 Å². The molecule has 0 spiro atoms. The summed E-state index contributed by atoms with van der Waals surface area (Å²) >= 11 is 8.54. The summed E-state index contributed by atoms with van der Waals surface area (Å²) in [5.74, 6) is 1.04. The number of rotatable bonds is 3. The van der Waals surface area contributed by atoms with Crippen molar-refractivity contribution >= 4 is 39.0 Å². The van der Waals surface area contributed by atoms with Crippen molar-refractivity contribution in [3.05, 3.63) is 22.3 Å². The molecule has 2 heterocycles. The van der Waals surface area contributed by atoms with Gasteiger partial charge in [-0.25, -0.2) is 4.98 Å². The van der Waals surface area contributed by atoms with Crippen molar-refractivity contribution in [1.82, 2.24) is 9.88 Å². The SMILES string of the molecule is Cc1nc(N2CCN(C(C)C(N)=S)CC2)ccc1Br. The summed E-state index contributed by atoms with van der Waals surface area (Å²) < 4.78 is 1.05. The van der Waals surface area contributed by atoms with E-state index in [1.54, 1.807) is 0 Å². The van der Waals surface area contributed by atoms with Crippen molar-refractivity contribution in [2.45, 2.75) is 19.9 Å². The van der Waals surface area contributed by atoms with Gasteiger partial charge in [0, 0.05) is 30.7 Å². The van der Waals surface area contributed by atoms with Crippen molar-refractivity contribution in [2.24, 2.45) is 5.73 Å². The van der Waals surface area contributed by atoms with Gasteiger partial charge in [0.1, 0.15) is 5.82 Å². The van der Waals surface area contributed by atoms with Gasteiger partial charge in [0.25, 0.3) is 0 Å². The fraction of sp³-hybridized carbons (Fsp3) is 0.538. The highest BCUT2D eigenvalue weighted by Gasteiger charge is 2.23. The number of aromatic nitrogens is 1. The number of anilines is 1. The lowest BCUT2D eigenvalue weighted by atomic mass is 10.2. The Labute approximate surface area is 128 Å². The lowest BCUT2D eigenvalue weighted by Crippen LogP contribution is -2.52. The summed E-state index contributed by atoms with van der Waals surface area (Å²) in [5.41, 5.74) is 6.73.